The number of para-hydroxylation sites is 1. The molecule has 2 N–H and O–H groups in total. The van der Waals surface area contributed by atoms with Gasteiger partial charge in [0.05, 0.1) is 17.2 Å². The van der Waals surface area contributed by atoms with Gasteiger partial charge in [-0.05, 0) is 25.0 Å². The topological polar surface area (TPSA) is 48.4 Å². The average molecular weight is 252 g/mol. The Morgan fingerprint density at radius 3 is 3.00 bits per heavy atom. The van der Waals surface area contributed by atoms with Gasteiger partial charge in [0.1, 0.15) is 5.76 Å². The third kappa shape index (κ3) is 1.95. The highest BCUT2D eigenvalue weighted by Crippen LogP contribution is 2.32. The molecule has 1 aromatic heterocycles. The van der Waals surface area contributed by atoms with Crippen molar-refractivity contribution in [2.24, 2.45) is 5.73 Å². The molecule has 2 aromatic rings. The zero-order chi connectivity index (χ0) is 11.8. The molecule has 0 amide bonds. The van der Waals surface area contributed by atoms with Crippen molar-refractivity contribution in [2.45, 2.75) is 25.0 Å². The maximum Gasteiger partial charge on any atom is 0.152 e. The monoisotopic (exact) mass is 251 g/mol. The second kappa shape index (κ2) is 4.33. The predicted molar refractivity (Wildman–Crippen MR) is 67.1 cm³/mol. The van der Waals surface area contributed by atoms with Crippen molar-refractivity contribution in [3.8, 4) is 0 Å². The van der Waals surface area contributed by atoms with Gasteiger partial charge in [0.25, 0.3) is 0 Å². The van der Waals surface area contributed by atoms with E-state index in [4.69, 9.17) is 26.5 Å². The van der Waals surface area contributed by atoms with Crippen molar-refractivity contribution in [2.75, 3.05) is 6.61 Å². The molecule has 1 saturated heterocycles. The van der Waals surface area contributed by atoms with Gasteiger partial charge in [0.15, 0.2) is 5.58 Å². The Hall–Kier alpha value is -1.03. The Balaban J connectivity index is 1.97. The van der Waals surface area contributed by atoms with E-state index in [1.807, 2.05) is 24.3 Å². The van der Waals surface area contributed by atoms with Crippen molar-refractivity contribution in [3.05, 3.63) is 35.0 Å². The largest absolute Gasteiger partial charge is 0.458 e. The second-order valence-corrected chi connectivity index (χ2v) is 4.79. The quantitative estimate of drug-likeness (QED) is 0.891. The van der Waals surface area contributed by atoms with Gasteiger partial charge in [-0.3, -0.25) is 0 Å². The number of rotatable bonds is 2. The molecule has 17 heavy (non-hydrogen) atoms. The van der Waals surface area contributed by atoms with E-state index in [9.17, 15) is 0 Å². The fourth-order valence-corrected chi connectivity index (χ4v) is 2.50. The Bertz CT molecular complexity index is 531. The van der Waals surface area contributed by atoms with Gasteiger partial charge in [-0.1, -0.05) is 23.7 Å². The molecule has 1 aromatic carbocycles. The number of nitrogens with two attached hydrogens (primary N) is 1. The summed E-state index contributed by atoms with van der Waals surface area (Å²) in [5.41, 5.74) is 6.86. The lowest BCUT2D eigenvalue weighted by Gasteiger charge is -2.15. The van der Waals surface area contributed by atoms with Crippen molar-refractivity contribution >= 4 is 22.6 Å². The lowest BCUT2D eigenvalue weighted by Crippen LogP contribution is -2.24. The van der Waals surface area contributed by atoms with E-state index < -0.39 is 0 Å². The van der Waals surface area contributed by atoms with Gasteiger partial charge in [-0.2, -0.15) is 0 Å². The number of halogens is 1. The van der Waals surface area contributed by atoms with Crippen LogP contribution in [0.5, 0.6) is 0 Å². The van der Waals surface area contributed by atoms with Crippen LogP contribution < -0.4 is 5.73 Å². The zero-order valence-corrected chi connectivity index (χ0v) is 10.1. The van der Waals surface area contributed by atoms with E-state index in [0.29, 0.717) is 10.6 Å². The van der Waals surface area contributed by atoms with Crippen LogP contribution in [0.25, 0.3) is 11.0 Å². The molecule has 3 rings (SSSR count). The van der Waals surface area contributed by atoms with Crippen molar-refractivity contribution in [3.63, 3.8) is 0 Å². The summed E-state index contributed by atoms with van der Waals surface area (Å²) in [6, 6.07) is 7.43. The summed E-state index contributed by atoms with van der Waals surface area (Å²) in [6.45, 7) is 0.791. The fourth-order valence-electron chi connectivity index (χ4n) is 2.28. The van der Waals surface area contributed by atoms with Crippen LogP contribution in [0.2, 0.25) is 5.02 Å². The first-order valence-electron chi connectivity index (χ1n) is 5.81. The molecule has 0 saturated carbocycles. The van der Waals surface area contributed by atoms with Gasteiger partial charge in [0.2, 0.25) is 0 Å². The van der Waals surface area contributed by atoms with E-state index in [0.717, 1.165) is 30.6 Å². The maximum atomic E-state index is 6.15. The third-order valence-electron chi connectivity index (χ3n) is 3.21. The number of fused-ring (bicyclic) bond motifs is 1. The summed E-state index contributed by atoms with van der Waals surface area (Å²) >= 11 is 6.07. The lowest BCUT2D eigenvalue weighted by molar-refractivity contribution is 0.0843. The van der Waals surface area contributed by atoms with Gasteiger partial charge < -0.3 is 14.9 Å². The fraction of sp³-hybridized carbons (Fsp3) is 0.385. The first kappa shape index (κ1) is 11.1. The Labute approximate surface area is 104 Å². The Morgan fingerprint density at radius 2 is 2.29 bits per heavy atom. The summed E-state index contributed by atoms with van der Waals surface area (Å²) in [4.78, 5) is 0. The highest BCUT2D eigenvalue weighted by molar-refractivity contribution is 6.34. The third-order valence-corrected chi connectivity index (χ3v) is 3.51. The van der Waals surface area contributed by atoms with Gasteiger partial charge in [-0.15, -0.1) is 0 Å². The summed E-state index contributed by atoms with van der Waals surface area (Å²) in [5.74, 6) is 0.750. The highest BCUT2D eigenvalue weighted by atomic mass is 35.5. The number of ether oxygens (including phenoxy) is 1. The molecular weight excluding hydrogens is 238 g/mol. The molecule has 1 aliphatic rings. The Kier molecular flexibility index (Phi) is 2.82. The summed E-state index contributed by atoms with van der Waals surface area (Å²) in [7, 11) is 0. The summed E-state index contributed by atoms with van der Waals surface area (Å²) in [5, 5.41) is 1.61. The van der Waals surface area contributed by atoms with Crippen LogP contribution in [0.3, 0.4) is 0 Å². The molecule has 0 spiro atoms. The first-order chi connectivity index (χ1) is 8.25. The van der Waals surface area contributed by atoms with Crippen LogP contribution >= 0.6 is 11.6 Å². The van der Waals surface area contributed by atoms with Gasteiger partial charge in [-0.25, -0.2) is 0 Å². The highest BCUT2D eigenvalue weighted by Gasteiger charge is 2.26. The lowest BCUT2D eigenvalue weighted by atomic mass is 10.1. The standard InChI is InChI=1S/C13H14ClNO2/c14-9-4-1-3-8-7-11(17-13(8)9)12(15)10-5-2-6-16-10/h1,3-4,7,10,12H,2,5-6,15H2. The molecule has 1 fully saturated rings. The number of benzene rings is 1. The normalized spacial score (nSPS) is 22.1. The van der Waals surface area contributed by atoms with Crippen LogP contribution in [0.4, 0.5) is 0 Å². The predicted octanol–water partition coefficient (Wildman–Crippen LogP) is 3.27. The molecule has 0 radical (unpaired) electrons. The van der Waals surface area contributed by atoms with Gasteiger partial charge >= 0.3 is 0 Å². The van der Waals surface area contributed by atoms with Crippen molar-refractivity contribution in [1.82, 2.24) is 0 Å². The average Bonchev–Trinajstić information content (AvgIpc) is 2.98. The number of furan rings is 1. The number of hydrogen-bond donors (Lipinski definition) is 1. The minimum atomic E-state index is -0.207. The minimum Gasteiger partial charge on any atom is -0.458 e. The van der Waals surface area contributed by atoms with E-state index in [-0.39, 0.29) is 12.1 Å². The zero-order valence-electron chi connectivity index (χ0n) is 9.36. The summed E-state index contributed by atoms with van der Waals surface area (Å²) < 4.78 is 11.3. The van der Waals surface area contributed by atoms with E-state index >= 15 is 0 Å². The van der Waals surface area contributed by atoms with E-state index in [1.165, 1.54) is 0 Å². The van der Waals surface area contributed by atoms with Crippen LogP contribution in [0, 0.1) is 0 Å². The molecule has 1 aliphatic heterocycles. The molecule has 2 atom stereocenters. The number of hydrogen-bond acceptors (Lipinski definition) is 3. The minimum absolute atomic E-state index is 0.0642. The second-order valence-electron chi connectivity index (χ2n) is 4.38. The maximum absolute atomic E-state index is 6.15. The van der Waals surface area contributed by atoms with Crippen LogP contribution in [0.15, 0.2) is 28.7 Å². The molecule has 0 bridgehead atoms. The summed E-state index contributed by atoms with van der Waals surface area (Å²) in [6.07, 6.45) is 2.13. The Morgan fingerprint density at radius 1 is 1.41 bits per heavy atom. The van der Waals surface area contributed by atoms with Gasteiger partial charge in [0, 0.05) is 12.0 Å². The van der Waals surface area contributed by atoms with Crippen molar-refractivity contribution < 1.29 is 9.15 Å². The molecule has 2 unspecified atom stereocenters. The van der Waals surface area contributed by atoms with E-state index in [2.05, 4.69) is 0 Å². The SMILES string of the molecule is NC(c1cc2cccc(Cl)c2o1)C1CCCO1. The molecule has 2 heterocycles. The smallest absolute Gasteiger partial charge is 0.152 e. The van der Waals surface area contributed by atoms with E-state index in [1.54, 1.807) is 0 Å². The van der Waals surface area contributed by atoms with Crippen LogP contribution in [-0.4, -0.2) is 12.7 Å². The molecule has 90 valence electrons. The molecule has 0 aliphatic carbocycles. The van der Waals surface area contributed by atoms with Crippen LogP contribution in [-0.2, 0) is 4.74 Å². The van der Waals surface area contributed by atoms with Crippen molar-refractivity contribution in [1.29, 1.82) is 0 Å². The van der Waals surface area contributed by atoms with Crippen LogP contribution in [0.1, 0.15) is 24.6 Å². The first-order valence-corrected chi connectivity index (χ1v) is 6.18. The molecule has 4 heteroatoms. The molecular formula is C13H14ClNO2. The molecule has 3 nitrogen and oxygen atoms in total.